The summed E-state index contributed by atoms with van der Waals surface area (Å²) in [5.41, 5.74) is -1.04. The second-order valence-electron chi connectivity index (χ2n) is 11.7. The van der Waals surface area contributed by atoms with E-state index in [0.29, 0.717) is 24.1 Å². The summed E-state index contributed by atoms with van der Waals surface area (Å²) in [4.78, 5) is 23.3. The van der Waals surface area contributed by atoms with Crippen molar-refractivity contribution in [3.05, 3.63) is 92.7 Å². The first-order valence-corrected chi connectivity index (χ1v) is 15.1. The van der Waals surface area contributed by atoms with Gasteiger partial charge in [-0.2, -0.15) is 13.2 Å². The normalized spacial score (nSPS) is 16.1. The largest absolute Gasteiger partial charge is 0.468 e. The van der Waals surface area contributed by atoms with E-state index in [1.807, 2.05) is 13.8 Å². The van der Waals surface area contributed by atoms with Crippen LogP contribution < -0.4 is 4.74 Å². The lowest BCUT2D eigenvalue weighted by molar-refractivity contribution is -0.134. The number of alkyl halides is 3. The van der Waals surface area contributed by atoms with E-state index in [0.717, 1.165) is 37.4 Å². The van der Waals surface area contributed by atoms with Gasteiger partial charge in [0.1, 0.15) is 39.5 Å². The lowest BCUT2D eigenvalue weighted by atomic mass is 9.87. The number of methoxy groups -OCH3 is 1. The minimum atomic E-state index is -4.61. The van der Waals surface area contributed by atoms with E-state index in [9.17, 15) is 22.4 Å². The standard InChI is InChI=1S/C32H25F7N4O4S/c1-31(2)14-46-12-24(31)43-23-8-16(30(44)45-3)7-21(36)28(23)42-26(43)9-15-6-20(35)17(10-19(15)34)22-5-4-18(33)29(41-22)47-13-27-40-11-25(48-27)32(37,38)39/h4-8,10-11,24H,9,12-14H2,1-3H3/t24-/m1/s1. The van der Waals surface area contributed by atoms with E-state index in [2.05, 4.69) is 15.0 Å². The first kappa shape index (κ1) is 33.3. The first-order chi connectivity index (χ1) is 22.7. The smallest absolute Gasteiger partial charge is 0.427 e. The molecule has 0 bridgehead atoms. The van der Waals surface area contributed by atoms with Crippen LogP contribution in [0.25, 0.3) is 22.3 Å². The number of carbonyl (C=O) groups excluding carboxylic acids is 1. The Balaban J connectivity index is 1.33. The Bertz CT molecular complexity index is 2040. The number of pyridine rings is 1. The highest BCUT2D eigenvalue weighted by Crippen LogP contribution is 2.41. The summed E-state index contributed by atoms with van der Waals surface area (Å²) in [5.74, 6) is -4.82. The number of rotatable bonds is 8. The number of ether oxygens (including phenoxy) is 3. The van der Waals surface area contributed by atoms with Gasteiger partial charge in [0.2, 0.25) is 0 Å². The molecule has 1 aliphatic heterocycles. The molecule has 6 rings (SSSR count). The van der Waals surface area contributed by atoms with Gasteiger partial charge in [0.25, 0.3) is 5.88 Å². The number of fused-ring (bicyclic) bond motifs is 1. The van der Waals surface area contributed by atoms with Gasteiger partial charge in [0, 0.05) is 17.4 Å². The molecular formula is C32H25F7N4O4S. The number of hydrogen-bond donors (Lipinski definition) is 0. The molecule has 1 aliphatic rings. The van der Waals surface area contributed by atoms with Gasteiger partial charge in [-0.1, -0.05) is 13.8 Å². The summed E-state index contributed by atoms with van der Waals surface area (Å²) in [6, 6.07) is 5.79. The zero-order valence-electron chi connectivity index (χ0n) is 25.4. The summed E-state index contributed by atoms with van der Waals surface area (Å²) in [7, 11) is 1.16. The van der Waals surface area contributed by atoms with Crippen LogP contribution in [0.1, 0.15) is 51.5 Å². The van der Waals surface area contributed by atoms with Crippen LogP contribution in [0.2, 0.25) is 0 Å². The number of benzene rings is 2. The SMILES string of the molecule is COC(=O)c1cc(F)c2nc(Cc3cc(F)c(-c4ccc(F)c(OCc5ncc(C(F)(F)F)s5)n4)cc3F)n([C@@H]3COCC3(C)C)c2c1. The highest BCUT2D eigenvalue weighted by molar-refractivity contribution is 7.11. The highest BCUT2D eigenvalue weighted by atomic mass is 32.1. The molecule has 0 amide bonds. The molecule has 2 aromatic carbocycles. The molecule has 252 valence electrons. The fourth-order valence-electron chi connectivity index (χ4n) is 5.49. The van der Waals surface area contributed by atoms with Crippen molar-refractivity contribution in [2.24, 2.45) is 5.41 Å². The fourth-order valence-corrected chi connectivity index (χ4v) is 6.19. The molecule has 0 spiro atoms. The van der Waals surface area contributed by atoms with Crippen LogP contribution in [0.3, 0.4) is 0 Å². The van der Waals surface area contributed by atoms with Crippen molar-refractivity contribution >= 4 is 28.3 Å². The Hall–Kier alpha value is -4.57. The number of imidazole rings is 1. The molecular weight excluding hydrogens is 669 g/mol. The molecule has 16 heteroatoms. The third-order valence-electron chi connectivity index (χ3n) is 7.95. The summed E-state index contributed by atoms with van der Waals surface area (Å²) in [6.07, 6.45) is -4.27. The minimum Gasteiger partial charge on any atom is -0.468 e. The van der Waals surface area contributed by atoms with Gasteiger partial charge in [-0.25, -0.2) is 37.3 Å². The van der Waals surface area contributed by atoms with Crippen molar-refractivity contribution in [3.63, 3.8) is 0 Å². The van der Waals surface area contributed by atoms with Gasteiger partial charge in [-0.3, -0.25) is 0 Å². The molecule has 3 aromatic heterocycles. The predicted molar refractivity (Wildman–Crippen MR) is 158 cm³/mol. The van der Waals surface area contributed by atoms with Crippen molar-refractivity contribution in [2.45, 2.75) is 39.1 Å². The van der Waals surface area contributed by atoms with E-state index >= 15 is 13.2 Å². The first-order valence-electron chi connectivity index (χ1n) is 14.3. The van der Waals surface area contributed by atoms with E-state index in [-0.39, 0.29) is 57.3 Å². The van der Waals surface area contributed by atoms with Crippen LogP contribution in [0.4, 0.5) is 30.7 Å². The van der Waals surface area contributed by atoms with Crippen LogP contribution in [0, 0.1) is 28.7 Å². The Labute approximate surface area is 272 Å². The molecule has 0 radical (unpaired) electrons. The Morgan fingerprint density at radius 3 is 2.48 bits per heavy atom. The van der Waals surface area contributed by atoms with Crippen molar-refractivity contribution < 1.29 is 49.7 Å². The number of nitrogens with zero attached hydrogens (tertiary/aromatic N) is 4. The maximum absolute atomic E-state index is 15.7. The van der Waals surface area contributed by atoms with Gasteiger partial charge in [0.15, 0.2) is 11.6 Å². The number of thiazole rings is 1. The van der Waals surface area contributed by atoms with Crippen LogP contribution in [-0.4, -0.2) is 45.8 Å². The average Bonchev–Trinajstić information content (AvgIpc) is 3.74. The van der Waals surface area contributed by atoms with Crippen LogP contribution in [0.5, 0.6) is 5.88 Å². The van der Waals surface area contributed by atoms with Crippen molar-refractivity contribution in [1.82, 2.24) is 19.5 Å². The van der Waals surface area contributed by atoms with E-state index in [4.69, 9.17) is 14.2 Å². The molecule has 4 heterocycles. The number of hydrogen-bond acceptors (Lipinski definition) is 8. The molecule has 1 fully saturated rings. The second kappa shape index (κ2) is 12.5. The average molecular weight is 695 g/mol. The van der Waals surface area contributed by atoms with Gasteiger partial charge in [-0.05, 0) is 42.0 Å². The van der Waals surface area contributed by atoms with E-state index < -0.39 is 64.2 Å². The fraction of sp³-hybridized carbons (Fsp3) is 0.312. The highest BCUT2D eigenvalue weighted by Gasteiger charge is 2.39. The summed E-state index contributed by atoms with van der Waals surface area (Å²) in [6.45, 7) is 3.90. The molecule has 8 nitrogen and oxygen atoms in total. The molecule has 1 saturated heterocycles. The lowest BCUT2D eigenvalue weighted by Gasteiger charge is -2.28. The minimum absolute atomic E-state index is 0.0543. The number of carbonyl (C=O) groups is 1. The summed E-state index contributed by atoms with van der Waals surface area (Å²) in [5, 5.41) is -0.101. The topological polar surface area (TPSA) is 88.4 Å². The Morgan fingerprint density at radius 2 is 1.81 bits per heavy atom. The van der Waals surface area contributed by atoms with Gasteiger partial charge in [-0.15, -0.1) is 11.3 Å². The lowest BCUT2D eigenvalue weighted by Crippen LogP contribution is -2.27. The molecule has 0 N–H and O–H groups in total. The van der Waals surface area contributed by atoms with Gasteiger partial charge < -0.3 is 18.8 Å². The van der Waals surface area contributed by atoms with Crippen molar-refractivity contribution in [3.8, 4) is 17.1 Å². The zero-order valence-corrected chi connectivity index (χ0v) is 26.2. The molecule has 48 heavy (non-hydrogen) atoms. The predicted octanol–water partition coefficient (Wildman–Crippen LogP) is 7.68. The van der Waals surface area contributed by atoms with Crippen molar-refractivity contribution in [1.29, 1.82) is 0 Å². The molecule has 0 saturated carbocycles. The molecule has 0 aliphatic carbocycles. The third kappa shape index (κ3) is 6.33. The Kier molecular flexibility index (Phi) is 8.66. The van der Waals surface area contributed by atoms with Crippen LogP contribution in [-0.2, 0) is 28.7 Å². The summed E-state index contributed by atoms with van der Waals surface area (Å²) >= 11 is 0.310. The number of halogens is 7. The molecule has 0 unspecified atom stereocenters. The van der Waals surface area contributed by atoms with Gasteiger partial charge in [0.05, 0.1) is 49.3 Å². The quantitative estimate of drug-likeness (QED) is 0.122. The second-order valence-corrected chi connectivity index (χ2v) is 12.8. The monoisotopic (exact) mass is 694 g/mol. The number of esters is 1. The van der Waals surface area contributed by atoms with Gasteiger partial charge >= 0.3 is 12.1 Å². The molecule has 1 atom stereocenters. The maximum Gasteiger partial charge on any atom is 0.427 e. The van der Waals surface area contributed by atoms with E-state index in [1.165, 1.54) is 6.07 Å². The third-order valence-corrected chi connectivity index (χ3v) is 8.96. The Morgan fingerprint density at radius 1 is 1.04 bits per heavy atom. The van der Waals surface area contributed by atoms with Crippen molar-refractivity contribution in [2.75, 3.05) is 20.3 Å². The van der Waals surface area contributed by atoms with E-state index in [1.54, 1.807) is 4.57 Å². The number of aromatic nitrogens is 4. The summed E-state index contributed by atoms with van der Waals surface area (Å²) < 4.78 is 117. The molecule has 5 aromatic rings. The van der Waals surface area contributed by atoms with Crippen LogP contribution in [0.15, 0.2) is 42.6 Å². The maximum atomic E-state index is 15.7. The van der Waals surface area contributed by atoms with Crippen LogP contribution >= 0.6 is 11.3 Å². The zero-order chi connectivity index (χ0) is 34.5.